The Hall–Kier alpha value is -2.34. The molecule has 0 spiro atoms. The van der Waals surface area contributed by atoms with Crippen molar-refractivity contribution in [2.24, 2.45) is 0 Å². The standard InChI is InChI=1S/C14H13N3/c1-11-3-2-4-14(17-11)16-10-13-7-5-12(9-15)6-8-13/h2-8H,10H2,1H3,(H,16,17). The summed E-state index contributed by atoms with van der Waals surface area (Å²) in [4.78, 5) is 4.36. The Bertz CT molecular complexity index is 538. The summed E-state index contributed by atoms with van der Waals surface area (Å²) in [5, 5.41) is 11.9. The third-order valence-electron chi connectivity index (χ3n) is 2.44. The van der Waals surface area contributed by atoms with E-state index in [9.17, 15) is 0 Å². The van der Waals surface area contributed by atoms with Gasteiger partial charge in [0.2, 0.25) is 0 Å². The molecule has 17 heavy (non-hydrogen) atoms. The van der Waals surface area contributed by atoms with Crippen LogP contribution in [0.2, 0.25) is 0 Å². The summed E-state index contributed by atoms with van der Waals surface area (Å²) >= 11 is 0. The molecule has 0 fully saturated rings. The number of rotatable bonds is 3. The van der Waals surface area contributed by atoms with Gasteiger partial charge in [-0.05, 0) is 36.8 Å². The average Bonchev–Trinajstić information content (AvgIpc) is 2.37. The molecule has 0 atom stereocenters. The summed E-state index contributed by atoms with van der Waals surface area (Å²) < 4.78 is 0. The van der Waals surface area contributed by atoms with Crippen molar-refractivity contribution in [3.05, 3.63) is 59.3 Å². The topological polar surface area (TPSA) is 48.7 Å². The van der Waals surface area contributed by atoms with Crippen LogP contribution in [0.15, 0.2) is 42.5 Å². The number of nitrogens with zero attached hydrogens (tertiary/aromatic N) is 2. The molecule has 0 saturated carbocycles. The number of hydrogen-bond donors (Lipinski definition) is 1. The second-order valence-corrected chi connectivity index (χ2v) is 3.83. The van der Waals surface area contributed by atoms with E-state index in [4.69, 9.17) is 5.26 Å². The van der Waals surface area contributed by atoms with E-state index < -0.39 is 0 Å². The normalized spacial score (nSPS) is 9.65. The summed E-state index contributed by atoms with van der Waals surface area (Å²) in [5.41, 5.74) is 2.81. The number of anilines is 1. The van der Waals surface area contributed by atoms with E-state index in [0.717, 1.165) is 17.1 Å². The van der Waals surface area contributed by atoms with Gasteiger partial charge in [-0.3, -0.25) is 0 Å². The zero-order chi connectivity index (χ0) is 12.1. The van der Waals surface area contributed by atoms with Gasteiger partial charge in [-0.2, -0.15) is 5.26 Å². The highest BCUT2D eigenvalue weighted by atomic mass is 15.0. The van der Waals surface area contributed by atoms with Crippen molar-refractivity contribution in [1.29, 1.82) is 5.26 Å². The van der Waals surface area contributed by atoms with E-state index in [1.165, 1.54) is 0 Å². The van der Waals surface area contributed by atoms with Crippen LogP contribution in [0.4, 0.5) is 5.82 Å². The molecule has 1 N–H and O–H groups in total. The van der Waals surface area contributed by atoms with Crippen molar-refractivity contribution >= 4 is 5.82 Å². The van der Waals surface area contributed by atoms with Crippen LogP contribution in [-0.2, 0) is 6.54 Å². The first-order valence-corrected chi connectivity index (χ1v) is 5.44. The zero-order valence-electron chi connectivity index (χ0n) is 9.64. The molecule has 0 unspecified atom stereocenters. The Kier molecular flexibility index (Phi) is 3.37. The number of benzene rings is 1. The van der Waals surface area contributed by atoms with Gasteiger partial charge in [0.1, 0.15) is 5.82 Å². The fourth-order valence-electron chi connectivity index (χ4n) is 1.53. The van der Waals surface area contributed by atoms with E-state index in [1.54, 1.807) is 0 Å². The highest BCUT2D eigenvalue weighted by Crippen LogP contribution is 2.08. The number of aromatic nitrogens is 1. The van der Waals surface area contributed by atoms with Crippen LogP contribution >= 0.6 is 0 Å². The molecule has 1 aromatic carbocycles. The molecule has 84 valence electrons. The van der Waals surface area contributed by atoms with Gasteiger partial charge in [0, 0.05) is 12.2 Å². The maximum Gasteiger partial charge on any atom is 0.126 e. The lowest BCUT2D eigenvalue weighted by atomic mass is 10.1. The first-order valence-electron chi connectivity index (χ1n) is 5.44. The third-order valence-corrected chi connectivity index (χ3v) is 2.44. The zero-order valence-corrected chi connectivity index (χ0v) is 9.64. The Morgan fingerprint density at radius 1 is 1.18 bits per heavy atom. The summed E-state index contributed by atoms with van der Waals surface area (Å²) in [6.07, 6.45) is 0. The van der Waals surface area contributed by atoms with Crippen molar-refractivity contribution in [2.75, 3.05) is 5.32 Å². The molecule has 2 rings (SSSR count). The number of hydrogen-bond acceptors (Lipinski definition) is 3. The van der Waals surface area contributed by atoms with Crippen molar-refractivity contribution in [3.8, 4) is 6.07 Å². The lowest BCUT2D eigenvalue weighted by molar-refractivity contribution is 1.09. The minimum Gasteiger partial charge on any atom is -0.366 e. The van der Waals surface area contributed by atoms with Crippen LogP contribution in [-0.4, -0.2) is 4.98 Å². The van der Waals surface area contributed by atoms with Gasteiger partial charge < -0.3 is 5.32 Å². The second kappa shape index (κ2) is 5.13. The number of pyridine rings is 1. The van der Waals surface area contributed by atoms with Gasteiger partial charge in [0.15, 0.2) is 0 Å². The monoisotopic (exact) mass is 223 g/mol. The Morgan fingerprint density at radius 3 is 2.59 bits per heavy atom. The quantitative estimate of drug-likeness (QED) is 0.870. The SMILES string of the molecule is Cc1cccc(NCc2ccc(C#N)cc2)n1. The maximum absolute atomic E-state index is 8.69. The molecular formula is C14H13N3. The van der Waals surface area contributed by atoms with E-state index in [2.05, 4.69) is 16.4 Å². The van der Waals surface area contributed by atoms with E-state index in [1.807, 2.05) is 49.4 Å². The van der Waals surface area contributed by atoms with Gasteiger partial charge in [0.25, 0.3) is 0 Å². The molecule has 3 heteroatoms. The van der Waals surface area contributed by atoms with E-state index in [-0.39, 0.29) is 0 Å². The van der Waals surface area contributed by atoms with Crippen molar-refractivity contribution in [1.82, 2.24) is 4.98 Å². The van der Waals surface area contributed by atoms with Crippen LogP contribution in [0.25, 0.3) is 0 Å². The van der Waals surface area contributed by atoms with Crippen LogP contribution in [0.5, 0.6) is 0 Å². The fourth-order valence-corrected chi connectivity index (χ4v) is 1.53. The van der Waals surface area contributed by atoms with Gasteiger partial charge in [-0.15, -0.1) is 0 Å². The Balaban J connectivity index is 2.00. The van der Waals surface area contributed by atoms with Gasteiger partial charge in [0.05, 0.1) is 11.6 Å². The van der Waals surface area contributed by atoms with Crippen LogP contribution < -0.4 is 5.32 Å². The van der Waals surface area contributed by atoms with Crippen LogP contribution in [0, 0.1) is 18.3 Å². The largest absolute Gasteiger partial charge is 0.366 e. The van der Waals surface area contributed by atoms with Gasteiger partial charge >= 0.3 is 0 Å². The lowest BCUT2D eigenvalue weighted by Gasteiger charge is -2.06. The average molecular weight is 223 g/mol. The number of nitriles is 1. The molecule has 0 aliphatic carbocycles. The molecule has 2 aromatic rings. The molecule has 0 aliphatic heterocycles. The number of aryl methyl sites for hydroxylation is 1. The minimum atomic E-state index is 0.683. The molecule has 0 amide bonds. The van der Waals surface area contributed by atoms with Crippen LogP contribution in [0.3, 0.4) is 0 Å². The Labute approximate surface area is 101 Å². The molecule has 1 heterocycles. The van der Waals surface area contributed by atoms with Crippen LogP contribution in [0.1, 0.15) is 16.8 Å². The predicted molar refractivity (Wildman–Crippen MR) is 67.5 cm³/mol. The van der Waals surface area contributed by atoms with Gasteiger partial charge in [-0.1, -0.05) is 18.2 Å². The highest BCUT2D eigenvalue weighted by Gasteiger charge is 1.96. The molecular weight excluding hydrogens is 210 g/mol. The predicted octanol–water partition coefficient (Wildman–Crippen LogP) is 2.87. The summed E-state index contributed by atoms with van der Waals surface area (Å²) in [5.74, 6) is 0.870. The molecule has 0 saturated heterocycles. The molecule has 0 radical (unpaired) electrons. The third kappa shape index (κ3) is 3.05. The number of nitrogens with one attached hydrogen (secondary N) is 1. The summed E-state index contributed by atoms with van der Waals surface area (Å²) in [7, 11) is 0. The minimum absolute atomic E-state index is 0.683. The van der Waals surface area contributed by atoms with E-state index >= 15 is 0 Å². The summed E-state index contributed by atoms with van der Waals surface area (Å²) in [6.45, 7) is 2.68. The first kappa shape index (κ1) is 11.2. The molecule has 0 bridgehead atoms. The molecule has 1 aromatic heterocycles. The molecule has 0 aliphatic rings. The second-order valence-electron chi connectivity index (χ2n) is 3.83. The van der Waals surface area contributed by atoms with Gasteiger partial charge in [-0.25, -0.2) is 4.98 Å². The van der Waals surface area contributed by atoms with Crippen molar-refractivity contribution < 1.29 is 0 Å². The fraction of sp³-hybridized carbons (Fsp3) is 0.143. The highest BCUT2D eigenvalue weighted by molar-refractivity contribution is 5.38. The Morgan fingerprint density at radius 2 is 1.94 bits per heavy atom. The van der Waals surface area contributed by atoms with Crippen molar-refractivity contribution in [2.45, 2.75) is 13.5 Å². The van der Waals surface area contributed by atoms with Crippen molar-refractivity contribution in [3.63, 3.8) is 0 Å². The smallest absolute Gasteiger partial charge is 0.126 e. The molecule has 3 nitrogen and oxygen atoms in total. The van der Waals surface area contributed by atoms with E-state index in [0.29, 0.717) is 12.1 Å². The lowest BCUT2D eigenvalue weighted by Crippen LogP contribution is -2.01. The maximum atomic E-state index is 8.69. The first-order chi connectivity index (χ1) is 8.28. The summed E-state index contributed by atoms with van der Waals surface area (Å²) in [6, 6.07) is 15.5.